The number of hydrogen-bond acceptors (Lipinski definition) is 3. The highest BCUT2D eigenvalue weighted by atomic mass is 127. The molecule has 0 radical (unpaired) electrons. The zero-order valence-corrected chi connectivity index (χ0v) is 20.9. The maximum absolute atomic E-state index is 12.9. The monoisotopic (exact) mass is 557 g/mol. The van der Waals surface area contributed by atoms with Crippen molar-refractivity contribution in [2.75, 3.05) is 53.1 Å². The summed E-state index contributed by atoms with van der Waals surface area (Å²) in [5.74, 6) is 1.34. The molecule has 0 aromatic heterocycles. The molecule has 2 rings (SSSR count). The number of rotatable bonds is 10. The summed E-state index contributed by atoms with van der Waals surface area (Å²) in [6.07, 6.45) is -2.57. The Labute approximate surface area is 200 Å². The van der Waals surface area contributed by atoms with Gasteiger partial charge in [-0.3, -0.25) is 4.99 Å². The van der Waals surface area contributed by atoms with E-state index in [1.807, 2.05) is 13.8 Å². The van der Waals surface area contributed by atoms with E-state index in [1.54, 1.807) is 13.2 Å². The van der Waals surface area contributed by atoms with Crippen LogP contribution < -0.4 is 5.32 Å². The van der Waals surface area contributed by atoms with E-state index in [9.17, 15) is 13.2 Å². The maximum Gasteiger partial charge on any atom is 0.416 e. The molecule has 178 valence electrons. The number of nitrogens with one attached hydrogen (secondary N) is 1. The van der Waals surface area contributed by atoms with Crippen LogP contribution in [0.3, 0.4) is 0 Å². The van der Waals surface area contributed by atoms with Gasteiger partial charge in [-0.2, -0.15) is 13.2 Å². The fraction of sp³-hybridized carbons (Fsp3) is 0.682. The fourth-order valence-corrected chi connectivity index (χ4v) is 3.53. The van der Waals surface area contributed by atoms with Gasteiger partial charge in [0.05, 0.1) is 25.4 Å². The maximum atomic E-state index is 12.9. The van der Waals surface area contributed by atoms with Crippen molar-refractivity contribution in [2.24, 2.45) is 10.9 Å². The van der Waals surface area contributed by atoms with Crippen LogP contribution in [0.1, 0.15) is 43.7 Å². The van der Waals surface area contributed by atoms with Crippen LogP contribution in [0.15, 0.2) is 29.3 Å². The molecule has 2 atom stereocenters. The van der Waals surface area contributed by atoms with Gasteiger partial charge in [0.1, 0.15) is 0 Å². The van der Waals surface area contributed by atoms with Crippen LogP contribution in [-0.4, -0.2) is 64.0 Å². The second-order valence-corrected chi connectivity index (χ2v) is 7.72. The highest BCUT2D eigenvalue weighted by molar-refractivity contribution is 14.0. The average molecular weight is 557 g/mol. The lowest BCUT2D eigenvalue weighted by Crippen LogP contribution is -2.40. The van der Waals surface area contributed by atoms with E-state index in [0.717, 1.165) is 38.1 Å². The van der Waals surface area contributed by atoms with Gasteiger partial charge in [-0.15, -0.1) is 24.0 Å². The van der Waals surface area contributed by atoms with E-state index in [0.29, 0.717) is 44.3 Å². The van der Waals surface area contributed by atoms with Gasteiger partial charge in [0, 0.05) is 39.2 Å². The number of ether oxygens (including phenoxy) is 2. The molecule has 1 fully saturated rings. The minimum Gasteiger partial charge on any atom is -0.382 e. The molecule has 0 aliphatic carbocycles. The number of guanidine groups is 1. The topological polar surface area (TPSA) is 46.1 Å². The number of aliphatic imine (C=N–C) groups is 1. The van der Waals surface area contributed by atoms with Crippen LogP contribution in [-0.2, 0) is 15.7 Å². The molecule has 1 aromatic rings. The molecule has 1 saturated heterocycles. The standard InChI is InChI=1S/C22H34F3N3O2.HI/c1-4-26-21(28-11-9-18(15-28)16-30-13-12-29-3)27-10-8-17(2)19-6-5-7-20(14-19)22(23,24)25;/h5-7,14,17-18H,4,8-13,15-16H2,1-3H3,(H,26,27);1H. The first-order chi connectivity index (χ1) is 14.3. The largest absolute Gasteiger partial charge is 0.416 e. The Kier molecular flexibility index (Phi) is 12.8. The summed E-state index contributed by atoms with van der Waals surface area (Å²) in [6, 6.07) is 5.58. The van der Waals surface area contributed by atoms with Crippen molar-refractivity contribution < 1.29 is 22.6 Å². The number of nitrogens with zero attached hydrogens (tertiary/aromatic N) is 2. The molecular weight excluding hydrogens is 522 g/mol. The molecule has 1 heterocycles. The number of halogens is 4. The molecule has 1 N–H and O–H groups in total. The molecule has 5 nitrogen and oxygen atoms in total. The lowest BCUT2D eigenvalue weighted by atomic mass is 9.96. The summed E-state index contributed by atoms with van der Waals surface area (Å²) in [7, 11) is 1.66. The lowest BCUT2D eigenvalue weighted by molar-refractivity contribution is -0.137. The molecule has 2 unspecified atom stereocenters. The quantitative estimate of drug-likeness (QED) is 0.195. The van der Waals surface area contributed by atoms with Gasteiger partial charge in [0.2, 0.25) is 0 Å². The zero-order valence-electron chi connectivity index (χ0n) is 18.6. The van der Waals surface area contributed by atoms with Gasteiger partial charge in [-0.05, 0) is 37.3 Å². The summed E-state index contributed by atoms with van der Waals surface area (Å²) in [4.78, 5) is 6.96. The Hall–Kier alpha value is -1.07. The van der Waals surface area contributed by atoms with E-state index in [1.165, 1.54) is 12.1 Å². The van der Waals surface area contributed by atoms with E-state index in [2.05, 4.69) is 10.2 Å². The third-order valence-corrected chi connectivity index (χ3v) is 5.31. The fourth-order valence-electron chi connectivity index (χ4n) is 3.53. The van der Waals surface area contributed by atoms with Crippen molar-refractivity contribution in [3.8, 4) is 0 Å². The number of benzene rings is 1. The SMILES string of the molecule is CCNC(=NCCC(C)c1cccc(C(F)(F)F)c1)N1CCC(COCCOC)C1.I. The predicted octanol–water partition coefficient (Wildman–Crippen LogP) is 4.77. The highest BCUT2D eigenvalue weighted by Gasteiger charge is 2.30. The third kappa shape index (κ3) is 9.53. The van der Waals surface area contributed by atoms with Crippen LogP contribution in [0.25, 0.3) is 0 Å². The molecule has 0 spiro atoms. The van der Waals surface area contributed by atoms with Gasteiger partial charge in [0.25, 0.3) is 0 Å². The van der Waals surface area contributed by atoms with Gasteiger partial charge in [-0.25, -0.2) is 0 Å². The number of methoxy groups -OCH3 is 1. The highest BCUT2D eigenvalue weighted by Crippen LogP contribution is 2.31. The van der Waals surface area contributed by atoms with E-state index in [-0.39, 0.29) is 29.9 Å². The van der Waals surface area contributed by atoms with Crippen molar-refractivity contribution in [3.63, 3.8) is 0 Å². The summed E-state index contributed by atoms with van der Waals surface area (Å²) in [6.45, 7) is 9.04. The van der Waals surface area contributed by atoms with Gasteiger partial charge >= 0.3 is 6.18 Å². The lowest BCUT2D eigenvalue weighted by Gasteiger charge is -2.22. The van der Waals surface area contributed by atoms with Crippen LogP contribution in [0.5, 0.6) is 0 Å². The van der Waals surface area contributed by atoms with Gasteiger partial charge in [-0.1, -0.05) is 25.1 Å². The molecule has 9 heteroatoms. The first-order valence-electron chi connectivity index (χ1n) is 10.6. The first-order valence-corrected chi connectivity index (χ1v) is 10.6. The number of alkyl halides is 3. The summed E-state index contributed by atoms with van der Waals surface area (Å²) in [5.41, 5.74) is 0.0963. The third-order valence-electron chi connectivity index (χ3n) is 5.31. The number of hydrogen-bond donors (Lipinski definition) is 1. The molecule has 0 amide bonds. The summed E-state index contributed by atoms with van der Waals surface area (Å²) in [5, 5.41) is 3.33. The smallest absolute Gasteiger partial charge is 0.382 e. The predicted molar refractivity (Wildman–Crippen MR) is 128 cm³/mol. The van der Waals surface area contributed by atoms with E-state index in [4.69, 9.17) is 14.5 Å². The first kappa shape index (κ1) is 28.0. The molecule has 1 aliphatic heterocycles. The Morgan fingerprint density at radius 3 is 2.77 bits per heavy atom. The Bertz CT molecular complexity index is 674. The average Bonchev–Trinajstić information content (AvgIpc) is 3.19. The second-order valence-electron chi connectivity index (χ2n) is 7.72. The van der Waals surface area contributed by atoms with Gasteiger partial charge in [0.15, 0.2) is 5.96 Å². The van der Waals surface area contributed by atoms with Crippen LogP contribution >= 0.6 is 24.0 Å². The molecule has 0 bridgehead atoms. The Morgan fingerprint density at radius 1 is 1.32 bits per heavy atom. The van der Waals surface area contributed by atoms with Crippen molar-refractivity contribution in [1.82, 2.24) is 10.2 Å². The normalized spacial score (nSPS) is 18.1. The minimum absolute atomic E-state index is 0. The molecular formula is C22H35F3IN3O2. The van der Waals surface area contributed by atoms with Crippen LogP contribution in [0.2, 0.25) is 0 Å². The Morgan fingerprint density at radius 2 is 2.10 bits per heavy atom. The summed E-state index contributed by atoms with van der Waals surface area (Å²) < 4.78 is 49.5. The van der Waals surface area contributed by atoms with E-state index >= 15 is 0 Å². The van der Waals surface area contributed by atoms with Crippen molar-refractivity contribution in [3.05, 3.63) is 35.4 Å². The number of likely N-dealkylation sites (tertiary alicyclic amines) is 1. The van der Waals surface area contributed by atoms with Gasteiger partial charge < -0.3 is 19.7 Å². The van der Waals surface area contributed by atoms with Crippen molar-refractivity contribution in [1.29, 1.82) is 0 Å². The van der Waals surface area contributed by atoms with E-state index < -0.39 is 11.7 Å². The van der Waals surface area contributed by atoms with Crippen molar-refractivity contribution in [2.45, 2.75) is 38.8 Å². The Balaban J connectivity index is 0.00000480. The van der Waals surface area contributed by atoms with Crippen LogP contribution in [0, 0.1) is 5.92 Å². The minimum atomic E-state index is -4.31. The second kappa shape index (κ2) is 14.2. The molecule has 1 aliphatic rings. The molecule has 1 aromatic carbocycles. The molecule has 0 saturated carbocycles. The molecule has 31 heavy (non-hydrogen) atoms. The zero-order chi connectivity index (χ0) is 22.0. The van der Waals surface area contributed by atoms with Crippen molar-refractivity contribution >= 4 is 29.9 Å². The summed E-state index contributed by atoms with van der Waals surface area (Å²) >= 11 is 0. The van der Waals surface area contributed by atoms with Crippen LogP contribution in [0.4, 0.5) is 13.2 Å².